The summed E-state index contributed by atoms with van der Waals surface area (Å²) in [5.74, 6) is -3.15. The fourth-order valence-corrected chi connectivity index (χ4v) is 1.98. The molecule has 0 unspecified atom stereocenters. The Morgan fingerprint density at radius 3 is 1.96 bits per heavy atom. The Morgan fingerprint density at radius 1 is 0.846 bits per heavy atom. The van der Waals surface area contributed by atoms with Gasteiger partial charge in [0, 0.05) is 6.42 Å². The predicted molar refractivity (Wildman–Crippen MR) is 84.8 cm³/mol. The molecule has 0 saturated carbocycles. The fraction of sp³-hybridized carbons (Fsp3) is 0.438. The number of rotatable bonds is 8. The van der Waals surface area contributed by atoms with Crippen molar-refractivity contribution in [1.29, 1.82) is 0 Å². The Kier molecular flexibility index (Phi) is 8.00. The first-order valence-electron chi connectivity index (χ1n) is 7.34. The number of pyridine rings is 1. The van der Waals surface area contributed by atoms with E-state index in [9.17, 15) is 19.2 Å². The molecule has 0 aromatic carbocycles. The van der Waals surface area contributed by atoms with Gasteiger partial charge in [-0.15, -0.1) is 0 Å². The van der Waals surface area contributed by atoms with Crippen LogP contribution in [0.4, 0.5) is 0 Å². The molecule has 0 aliphatic heterocycles. The van der Waals surface area contributed by atoms with Crippen molar-refractivity contribution in [2.24, 2.45) is 0 Å². The fourth-order valence-electron chi connectivity index (χ4n) is 1.98. The molecular weight excluding hydrogens is 350 g/mol. The third kappa shape index (κ3) is 5.16. The topological polar surface area (TPSA) is 127 Å². The van der Waals surface area contributed by atoms with Crippen molar-refractivity contribution in [2.75, 3.05) is 35.0 Å². The van der Waals surface area contributed by atoms with Crippen molar-refractivity contribution in [3.05, 3.63) is 23.0 Å². The van der Waals surface area contributed by atoms with Gasteiger partial charge in [-0.3, -0.25) is 9.78 Å². The lowest BCUT2D eigenvalue weighted by atomic mass is 10.0. The molecule has 0 atom stereocenters. The first-order valence-corrected chi connectivity index (χ1v) is 7.34. The van der Waals surface area contributed by atoms with E-state index >= 15 is 0 Å². The highest BCUT2D eigenvalue weighted by Crippen LogP contribution is 2.27. The average Bonchev–Trinajstić information content (AvgIpc) is 2.68. The molecule has 142 valence electrons. The lowest BCUT2D eigenvalue weighted by Crippen LogP contribution is -2.20. The number of hydrogen-bond acceptors (Lipinski definition) is 10. The van der Waals surface area contributed by atoms with E-state index < -0.39 is 30.5 Å². The maximum Gasteiger partial charge on any atom is 0.343 e. The van der Waals surface area contributed by atoms with Gasteiger partial charge in [-0.1, -0.05) is 0 Å². The van der Waals surface area contributed by atoms with Crippen molar-refractivity contribution in [1.82, 2.24) is 4.98 Å². The first kappa shape index (κ1) is 20.9. The Bertz CT molecular complexity index is 640. The highest BCUT2D eigenvalue weighted by atomic mass is 16.6. The average molecular weight is 369 g/mol. The molecule has 1 aromatic rings. The molecule has 0 amide bonds. The third-order valence-corrected chi connectivity index (χ3v) is 3.27. The van der Waals surface area contributed by atoms with Crippen molar-refractivity contribution in [3.63, 3.8) is 0 Å². The maximum atomic E-state index is 12.2. The highest BCUT2D eigenvalue weighted by molar-refractivity contribution is 6.05. The Labute approximate surface area is 149 Å². The number of aromatic nitrogens is 1. The van der Waals surface area contributed by atoms with Crippen LogP contribution in [0.5, 0.6) is 5.75 Å². The van der Waals surface area contributed by atoms with Crippen LogP contribution in [0.2, 0.25) is 0 Å². The van der Waals surface area contributed by atoms with E-state index in [2.05, 4.69) is 19.2 Å². The van der Waals surface area contributed by atoms with E-state index in [1.165, 1.54) is 14.2 Å². The molecule has 0 aliphatic carbocycles. The van der Waals surface area contributed by atoms with Crippen LogP contribution in [0.25, 0.3) is 0 Å². The summed E-state index contributed by atoms with van der Waals surface area (Å²) in [7, 11) is 4.62. The van der Waals surface area contributed by atoms with Gasteiger partial charge in [0.05, 0.1) is 52.3 Å². The van der Waals surface area contributed by atoms with Gasteiger partial charge in [0.1, 0.15) is 5.56 Å². The third-order valence-electron chi connectivity index (χ3n) is 3.27. The van der Waals surface area contributed by atoms with Crippen LogP contribution >= 0.6 is 0 Å². The second kappa shape index (κ2) is 9.97. The Morgan fingerprint density at radius 2 is 1.42 bits per heavy atom. The van der Waals surface area contributed by atoms with E-state index in [4.69, 9.17) is 9.47 Å². The molecule has 26 heavy (non-hydrogen) atoms. The highest BCUT2D eigenvalue weighted by Gasteiger charge is 2.28. The summed E-state index contributed by atoms with van der Waals surface area (Å²) >= 11 is 0. The lowest BCUT2D eigenvalue weighted by molar-refractivity contribution is -0.143. The van der Waals surface area contributed by atoms with Gasteiger partial charge in [-0.05, 0) is 0 Å². The van der Waals surface area contributed by atoms with Crippen molar-refractivity contribution in [2.45, 2.75) is 12.8 Å². The number of ether oxygens (including phenoxy) is 5. The molecular formula is C16H19NO9. The molecule has 0 radical (unpaired) electrons. The van der Waals surface area contributed by atoms with Gasteiger partial charge in [0.2, 0.25) is 0 Å². The van der Waals surface area contributed by atoms with Gasteiger partial charge in [0.25, 0.3) is 0 Å². The van der Waals surface area contributed by atoms with E-state index in [0.29, 0.717) is 0 Å². The van der Waals surface area contributed by atoms with Gasteiger partial charge in [0.15, 0.2) is 12.4 Å². The second-order valence-electron chi connectivity index (χ2n) is 4.74. The van der Waals surface area contributed by atoms with Gasteiger partial charge in [-0.25, -0.2) is 14.4 Å². The molecule has 0 fully saturated rings. The van der Waals surface area contributed by atoms with Crippen LogP contribution in [0.15, 0.2) is 6.20 Å². The standard InChI is InChI=1S/C16H19NO9/c1-22-11(18)6-5-9-13(15(20)24-3)14(16(21)25-4)10(7-17-9)26-8-12(19)23-2/h7H,5-6,8H2,1-4H3. The largest absolute Gasteiger partial charge is 0.479 e. The number of carbonyl (C=O) groups excluding carboxylic acids is 4. The summed E-state index contributed by atoms with van der Waals surface area (Å²) in [6.07, 6.45) is 1.09. The molecule has 0 aliphatic rings. The molecule has 0 bridgehead atoms. The zero-order chi connectivity index (χ0) is 19.7. The molecule has 1 heterocycles. The number of esters is 4. The summed E-state index contributed by atoms with van der Waals surface area (Å²) in [4.78, 5) is 51.1. The zero-order valence-corrected chi connectivity index (χ0v) is 14.8. The molecule has 0 spiro atoms. The number of carbonyl (C=O) groups is 4. The number of nitrogens with zero attached hydrogens (tertiary/aromatic N) is 1. The summed E-state index contributed by atoms with van der Waals surface area (Å²) in [5, 5.41) is 0. The Hall–Kier alpha value is -3.17. The number of hydrogen-bond donors (Lipinski definition) is 0. The minimum Gasteiger partial charge on any atom is -0.479 e. The minimum absolute atomic E-state index is 0.0123. The van der Waals surface area contributed by atoms with Gasteiger partial charge in [-0.2, -0.15) is 0 Å². The summed E-state index contributed by atoms with van der Waals surface area (Å²) in [6, 6.07) is 0. The number of methoxy groups -OCH3 is 4. The van der Waals surface area contributed by atoms with E-state index in [1.807, 2.05) is 0 Å². The van der Waals surface area contributed by atoms with E-state index in [0.717, 1.165) is 20.4 Å². The van der Waals surface area contributed by atoms with Crippen LogP contribution in [0, 0.1) is 0 Å². The molecule has 1 aromatic heterocycles. The predicted octanol–water partition coefficient (Wildman–Crippen LogP) is 0.312. The van der Waals surface area contributed by atoms with Crippen molar-refractivity contribution < 1.29 is 42.9 Å². The van der Waals surface area contributed by atoms with E-state index in [1.54, 1.807) is 0 Å². The van der Waals surface area contributed by atoms with Crippen LogP contribution in [0.3, 0.4) is 0 Å². The minimum atomic E-state index is -0.896. The van der Waals surface area contributed by atoms with Crippen molar-refractivity contribution in [3.8, 4) is 5.75 Å². The molecule has 0 saturated heterocycles. The SMILES string of the molecule is COC(=O)CCc1ncc(OCC(=O)OC)c(C(=O)OC)c1C(=O)OC. The van der Waals surface area contributed by atoms with E-state index in [-0.39, 0.29) is 35.4 Å². The van der Waals surface area contributed by atoms with Crippen LogP contribution in [-0.4, -0.2) is 63.9 Å². The van der Waals surface area contributed by atoms with Gasteiger partial charge < -0.3 is 23.7 Å². The van der Waals surface area contributed by atoms with Crippen molar-refractivity contribution >= 4 is 23.9 Å². The summed E-state index contributed by atoms with van der Waals surface area (Å²) in [5.41, 5.74) is -0.364. The molecule has 10 nitrogen and oxygen atoms in total. The smallest absolute Gasteiger partial charge is 0.343 e. The summed E-state index contributed by atoms with van der Waals surface area (Å²) in [6.45, 7) is -0.510. The van der Waals surface area contributed by atoms with Crippen LogP contribution in [0.1, 0.15) is 32.8 Å². The molecule has 10 heteroatoms. The van der Waals surface area contributed by atoms with Gasteiger partial charge >= 0.3 is 23.9 Å². The number of aryl methyl sites for hydroxylation is 1. The molecule has 1 rings (SSSR count). The molecule has 0 N–H and O–H groups in total. The van der Waals surface area contributed by atoms with Crippen LogP contribution < -0.4 is 4.74 Å². The lowest BCUT2D eigenvalue weighted by Gasteiger charge is -2.15. The summed E-state index contributed by atoms with van der Waals surface area (Å²) < 4.78 is 23.6. The zero-order valence-electron chi connectivity index (χ0n) is 14.8. The quantitative estimate of drug-likeness (QED) is 0.466. The monoisotopic (exact) mass is 369 g/mol. The van der Waals surface area contributed by atoms with Crippen LogP contribution in [-0.2, 0) is 35.0 Å². The Balaban J connectivity index is 3.40. The normalized spacial score (nSPS) is 9.85. The first-order chi connectivity index (χ1) is 12.4. The second-order valence-corrected chi connectivity index (χ2v) is 4.74. The maximum absolute atomic E-state index is 12.2.